The molecule has 0 spiro atoms. The van der Waals surface area contributed by atoms with Crippen LogP contribution in [0.15, 0.2) is 65.6 Å². The zero-order valence-electron chi connectivity index (χ0n) is 14.3. The van der Waals surface area contributed by atoms with Gasteiger partial charge in [-0.15, -0.1) is 11.3 Å². The monoisotopic (exact) mass is 408 g/mol. The third-order valence-corrected chi connectivity index (χ3v) is 5.01. The maximum Gasteiger partial charge on any atom is 0.339 e. The first-order valence-corrected chi connectivity index (χ1v) is 9.34. The Labute approximate surface area is 170 Å². The van der Waals surface area contributed by atoms with Gasteiger partial charge in [0, 0.05) is 16.0 Å². The molecule has 1 heterocycles. The van der Waals surface area contributed by atoms with Crippen LogP contribution in [0, 0.1) is 11.3 Å². The Hall–Kier alpha value is -3.40. The van der Waals surface area contributed by atoms with E-state index >= 15 is 0 Å². The third-order valence-electron chi connectivity index (χ3n) is 3.86. The molecule has 0 unspecified atom stereocenters. The van der Waals surface area contributed by atoms with Gasteiger partial charge in [0.05, 0.1) is 0 Å². The summed E-state index contributed by atoms with van der Waals surface area (Å²) < 4.78 is 0. The molecule has 1 amide bonds. The second-order valence-corrected chi connectivity index (χ2v) is 7.02. The standard InChI is InChI=1S/C21H13ClN2O3S/c22-16-8-6-14(7-9-16)17-12-28-20(18(17)21(26)27)24-19(25)15(11-23)10-13-4-2-1-3-5-13/h1-10,12H,(H,24,25)(H,26,27)/b15-10+. The second kappa shape index (κ2) is 8.53. The number of nitrogens with one attached hydrogen (secondary N) is 1. The van der Waals surface area contributed by atoms with E-state index in [9.17, 15) is 20.0 Å². The van der Waals surface area contributed by atoms with Crippen LogP contribution in [0.5, 0.6) is 0 Å². The number of carbonyl (C=O) groups excluding carboxylic acids is 1. The number of rotatable bonds is 5. The van der Waals surface area contributed by atoms with E-state index in [1.807, 2.05) is 12.1 Å². The smallest absolute Gasteiger partial charge is 0.339 e. The van der Waals surface area contributed by atoms with Crippen molar-refractivity contribution >= 4 is 45.9 Å². The number of benzene rings is 2. The van der Waals surface area contributed by atoms with Crippen LogP contribution >= 0.6 is 22.9 Å². The third kappa shape index (κ3) is 4.29. The van der Waals surface area contributed by atoms with Crippen molar-refractivity contribution in [1.29, 1.82) is 5.26 Å². The minimum Gasteiger partial charge on any atom is -0.478 e. The molecule has 7 heteroatoms. The van der Waals surface area contributed by atoms with E-state index < -0.39 is 11.9 Å². The lowest BCUT2D eigenvalue weighted by molar-refractivity contribution is -0.112. The summed E-state index contributed by atoms with van der Waals surface area (Å²) in [6, 6.07) is 17.5. The Morgan fingerprint density at radius 3 is 2.39 bits per heavy atom. The van der Waals surface area contributed by atoms with Gasteiger partial charge >= 0.3 is 5.97 Å². The highest BCUT2D eigenvalue weighted by atomic mass is 35.5. The summed E-state index contributed by atoms with van der Waals surface area (Å²) in [6.07, 6.45) is 1.45. The van der Waals surface area contributed by atoms with Gasteiger partial charge in [0.25, 0.3) is 5.91 Å². The number of anilines is 1. The molecule has 0 bridgehead atoms. The van der Waals surface area contributed by atoms with Gasteiger partial charge in [-0.2, -0.15) is 5.26 Å². The van der Waals surface area contributed by atoms with Gasteiger partial charge in [0.15, 0.2) is 0 Å². The Kier molecular flexibility index (Phi) is 5.90. The average molecular weight is 409 g/mol. The Morgan fingerprint density at radius 2 is 1.79 bits per heavy atom. The van der Waals surface area contributed by atoms with E-state index in [1.165, 1.54) is 6.08 Å². The summed E-state index contributed by atoms with van der Waals surface area (Å²) >= 11 is 6.97. The van der Waals surface area contributed by atoms with Crippen LogP contribution < -0.4 is 5.32 Å². The molecule has 3 aromatic rings. The van der Waals surface area contributed by atoms with Crippen LogP contribution in [0.25, 0.3) is 17.2 Å². The van der Waals surface area contributed by atoms with Crippen LogP contribution in [-0.2, 0) is 4.79 Å². The van der Waals surface area contributed by atoms with Crippen LogP contribution in [0.2, 0.25) is 5.02 Å². The van der Waals surface area contributed by atoms with E-state index in [-0.39, 0.29) is 16.1 Å². The van der Waals surface area contributed by atoms with E-state index in [4.69, 9.17) is 11.6 Å². The summed E-state index contributed by atoms with van der Waals surface area (Å²) in [4.78, 5) is 24.3. The first-order valence-electron chi connectivity index (χ1n) is 8.08. The Balaban J connectivity index is 1.93. The van der Waals surface area contributed by atoms with Crippen LogP contribution in [0.4, 0.5) is 5.00 Å². The molecule has 0 aliphatic carbocycles. The lowest BCUT2D eigenvalue weighted by atomic mass is 10.0. The first kappa shape index (κ1) is 19.4. The minimum atomic E-state index is -1.17. The molecule has 2 N–H and O–H groups in total. The van der Waals surface area contributed by atoms with Crippen LogP contribution in [0.1, 0.15) is 15.9 Å². The summed E-state index contributed by atoms with van der Waals surface area (Å²) in [5.41, 5.74) is 1.68. The molecule has 0 radical (unpaired) electrons. The highest BCUT2D eigenvalue weighted by Crippen LogP contribution is 2.36. The van der Waals surface area contributed by atoms with Crippen molar-refractivity contribution in [2.45, 2.75) is 0 Å². The number of hydrogen-bond donors (Lipinski definition) is 2. The summed E-state index contributed by atoms with van der Waals surface area (Å²) in [5, 5.41) is 23.9. The quantitative estimate of drug-likeness (QED) is 0.442. The molecule has 0 saturated heterocycles. The van der Waals surface area contributed by atoms with E-state index in [2.05, 4.69) is 5.32 Å². The molecule has 3 rings (SSSR count). The molecule has 5 nitrogen and oxygen atoms in total. The van der Waals surface area contributed by atoms with Gasteiger partial charge < -0.3 is 10.4 Å². The molecule has 0 aliphatic heterocycles. The molecule has 1 aromatic heterocycles. The fraction of sp³-hybridized carbons (Fsp3) is 0. The van der Waals surface area contributed by atoms with Crippen molar-refractivity contribution in [2.24, 2.45) is 0 Å². The zero-order valence-corrected chi connectivity index (χ0v) is 15.9. The molecular weight excluding hydrogens is 396 g/mol. The predicted molar refractivity (Wildman–Crippen MR) is 110 cm³/mol. The molecule has 0 fully saturated rings. The molecule has 138 valence electrons. The van der Waals surface area contributed by atoms with Crippen molar-refractivity contribution in [3.63, 3.8) is 0 Å². The van der Waals surface area contributed by atoms with Crippen molar-refractivity contribution < 1.29 is 14.7 Å². The van der Waals surface area contributed by atoms with Crippen molar-refractivity contribution in [2.75, 3.05) is 5.32 Å². The molecule has 0 atom stereocenters. The minimum absolute atomic E-state index is 0.0299. The second-order valence-electron chi connectivity index (χ2n) is 5.70. The number of hydrogen-bond acceptors (Lipinski definition) is 4. The normalized spacial score (nSPS) is 10.9. The van der Waals surface area contributed by atoms with Gasteiger partial charge in [0.1, 0.15) is 22.2 Å². The maximum atomic E-state index is 12.5. The summed E-state index contributed by atoms with van der Waals surface area (Å²) in [5.74, 6) is -1.84. The van der Waals surface area contributed by atoms with E-state index in [0.29, 0.717) is 21.7 Å². The van der Waals surface area contributed by atoms with E-state index in [1.54, 1.807) is 53.9 Å². The summed E-state index contributed by atoms with van der Waals surface area (Å²) in [6.45, 7) is 0. The number of carboxylic acids is 1. The molecular formula is C21H13ClN2O3S. The van der Waals surface area contributed by atoms with E-state index in [0.717, 1.165) is 11.3 Å². The molecule has 0 saturated carbocycles. The highest BCUT2D eigenvalue weighted by molar-refractivity contribution is 7.15. The number of amides is 1. The zero-order chi connectivity index (χ0) is 20.1. The lowest BCUT2D eigenvalue weighted by Gasteiger charge is -2.06. The SMILES string of the molecule is N#C/C(=C\c1ccccc1)C(=O)Nc1scc(-c2ccc(Cl)cc2)c1C(=O)O. The maximum absolute atomic E-state index is 12.5. The molecule has 0 aliphatic rings. The average Bonchev–Trinajstić information content (AvgIpc) is 3.11. The van der Waals surface area contributed by atoms with Crippen molar-refractivity contribution in [3.05, 3.63) is 81.7 Å². The fourth-order valence-electron chi connectivity index (χ4n) is 2.54. The molecule has 2 aromatic carbocycles. The largest absolute Gasteiger partial charge is 0.478 e. The van der Waals surface area contributed by atoms with Gasteiger partial charge in [-0.05, 0) is 29.3 Å². The Bertz CT molecular complexity index is 1100. The van der Waals surface area contributed by atoms with Crippen molar-refractivity contribution in [1.82, 2.24) is 0 Å². The predicted octanol–water partition coefficient (Wildman–Crippen LogP) is 5.31. The van der Waals surface area contributed by atoms with Gasteiger partial charge in [0.2, 0.25) is 0 Å². The van der Waals surface area contributed by atoms with Gasteiger partial charge in [-0.25, -0.2) is 4.79 Å². The van der Waals surface area contributed by atoms with Crippen molar-refractivity contribution in [3.8, 4) is 17.2 Å². The molecule has 28 heavy (non-hydrogen) atoms. The Morgan fingerprint density at radius 1 is 1.11 bits per heavy atom. The fourth-order valence-corrected chi connectivity index (χ4v) is 3.62. The number of carboxylic acid groups (broad SMARTS) is 1. The van der Waals surface area contributed by atoms with Gasteiger partial charge in [-0.1, -0.05) is 54.1 Å². The van der Waals surface area contributed by atoms with Gasteiger partial charge in [-0.3, -0.25) is 4.79 Å². The number of nitrogens with zero attached hydrogens (tertiary/aromatic N) is 1. The lowest BCUT2D eigenvalue weighted by Crippen LogP contribution is -2.15. The number of nitriles is 1. The number of carbonyl (C=O) groups is 2. The number of aromatic carboxylic acids is 1. The van der Waals surface area contributed by atoms with Crippen LogP contribution in [0.3, 0.4) is 0 Å². The first-order chi connectivity index (χ1) is 13.5. The number of halogens is 1. The highest BCUT2D eigenvalue weighted by Gasteiger charge is 2.22. The van der Waals surface area contributed by atoms with Crippen LogP contribution in [-0.4, -0.2) is 17.0 Å². The topological polar surface area (TPSA) is 90.2 Å². The summed E-state index contributed by atoms with van der Waals surface area (Å²) in [7, 11) is 0. The number of thiophene rings is 1.